The molecule has 0 radical (unpaired) electrons. The molecule has 0 heterocycles. The zero-order valence-corrected chi connectivity index (χ0v) is 12.8. The summed E-state index contributed by atoms with van der Waals surface area (Å²) >= 11 is 3.42. The Bertz CT molecular complexity index is 659. The molecule has 2 aromatic carbocycles. The van der Waals surface area contributed by atoms with Crippen molar-refractivity contribution in [2.75, 3.05) is 0 Å². The molecule has 0 bridgehead atoms. The van der Waals surface area contributed by atoms with Crippen LogP contribution in [0.15, 0.2) is 40.9 Å². The van der Waals surface area contributed by atoms with E-state index in [2.05, 4.69) is 21.2 Å². The molecule has 2 aromatic rings. The number of rotatable bonds is 5. The van der Waals surface area contributed by atoms with E-state index < -0.39 is 11.6 Å². The summed E-state index contributed by atoms with van der Waals surface area (Å²) in [7, 11) is 0. The minimum absolute atomic E-state index is 0.000885. The number of halogens is 3. The van der Waals surface area contributed by atoms with Crippen molar-refractivity contribution in [1.29, 1.82) is 0 Å². The lowest BCUT2D eigenvalue weighted by Crippen LogP contribution is -2.15. The smallest absolute Gasteiger partial charge is 0.168 e. The molecule has 0 aliphatic heterocycles. The monoisotopic (exact) mass is 353 g/mol. The first kappa shape index (κ1) is 14.5. The highest BCUT2D eigenvalue weighted by Gasteiger charge is 2.20. The quantitative estimate of drug-likeness (QED) is 0.835. The average molecular weight is 354 g/mol. The summed E-state index contributed by atoms with van der Waals surface area (Å²) in [5.41, 5.74) is 1.13. The van der Waals surface area contributed by atoms with E-state index in [9.17, 15) is 8.78 Å². The first-order valence-electron chi connectivity index (χ1n) is 6.76. The molecule has 0 atom stereocenters. The number of ether oxygens (including phenoxy) is 1. The van der Waals surface area contributed by atoms with Gasteiger partial charge in [0.2, 0.25) is 0 Å². The van der Waals surface area contributed by atoms with Crippen LogP contribution in [0.3, 0.4) is 0 Å². The number of hydrogen-bond acceptors (Lipinski definition) is 2. The third-order valence-electron chi connectivity index (χ3n) is 3.28. The Morgan fingerprint density at radius 2 is 1.86 bits per heavy atom. The zero-order chi connectivity index (χ0) is 14.8. The van der Waals surface area contributed by atoms with Gasteiger partial charge in [0.05, 0.1) is 4.47 Å². The highest BCUT2D eigenvalue weighted by atomic mass is 79.9. The van der Waals surface area contributed by atoms with Crippen LogP contribution < -0.4 is 10.1 Å². The lowest BCUT2D eigenvalue weighted by Gasteiger charge is -2.10. The Morgan fingerprint density at radius 1 is 1.10 bits per heavy atom. The van der Waals surface area contributed by atoms with Gasteiger partial charge in [-0.2, -0.15) is 0 Å². The van der Waals surface area contributed by atoms with Crippen LogP contribution in [0.5, 0.6) is 11.5 Å². The molecule has 3 rings (SSSR count). The van der Waals surface area contributed by atoms with Crippen LogP contribution >= 0.6 is 15.9 Å². The molecule has 0 spiro atoms. The van der Waals surface area contributed by atoms with E-state index in [1.165, 1.54) is 25.0 Å². The molecule has 0 amide bonds. The molecule has 5 heteroatoms. The van der Waals surface area contributed by atoms with E-state index in [0.717, 1.165) is 22.6 Å². The molecule has 1 fully saturated rings. The fourth-order valence-corrected chi connectivity index (χ4v) is 2.47. The molecule has 2 nitrogen and oxygen atoms in total. The molecular formula is C16H14BrF2NO. The van der Waals surface area contributed by atoms with Gasteiger partial charge >= 0.3 is 0 Å². The van der Waals surface area contributed by atoms with E-state index in [-0.39, 0.29) is 5.75 Å². The normalized spacial score (nSPS) is 14.2. The van der Waals surface area contributed by atoms with E-state index in [0.29, 0.717) is 11.8 Å². The Balaban J connectivity index is 1.72. The fourth-order valence-electron chi connectivity index (χ4n) is 1.96. The maximum Gasteiger partial charge on any atom is 0.168 e. The molecular weight excluding hydrogens is 340 g/mol. The van der Waals surface area contributed by atoms with Crippen molar-refractivity contribution in [3.63, 3.8) is 0 Å². The largest absolute Gasteiger partial charge is 0.453 e. The topological polar surface area (TPSA) is 21.3 Å². The van der Waals surface area contributed by atoms with Gasteiger partial charge in [-0.3, -0.25) is 0 Å². The van der Waals surface area contributed by atoms with Gasteiger partial charge in [-0.05, 0) is 58.6 Å². The van der Waals surface area contributed by atoms with Crippen LogP contribution in [-0.4, -0.2) is 6.04 Å². The maximum atomic E-state index is 13.6. The highest BCUT2D eigenvalue weighted by Crippen LogP contribution is 2.32. The van der Waals surface area contributed by atoms with Gasteiger partial charge in [-0.15, -0.1) is 0 Å². The summed E-state index contributed by atoms with van der Waals surface area (Å²) < 4.78 is 32.7. The van der Waals surface area contributed by atoms with Crippen molar-refractivity contribution in [2.45, 2.75) is 25.4 Å². The Morgan fingerprint density at radius 3 is 2.52 bits per heavy atom. The van der Waals surface area contributed by atoms with Crippen molar-refractivity contribution in [1.82, 2.24) is 5.32 Å². The van der Waals surface area contributed by atoms with Crippen LogP contribution in [0.25, 0.3) is 0 Å². The first-order chi connectivity index (χ1) is 10.1. The van der Waals surface area contributed by atoms with Crippen molar-refractivity contribution in [3.05, 3.63) is 58.1 Å². The van der Waals surface area contributed by atoms with Gasteiger partial charge in [-0.1, -0.05) is 6.07 Å². The summed E-state index contributed by atoms with van der Waals surface area (Å²) in [6, 6.07) is 9.53. The molecule has 110 valence electrons. The average Bonchev–Trinajstić information content (AvgIpc) is 3.26. The molecule has 1 aliphatic carbocycles. The van der Waals surface area contributed by atoms with Crippen molar-refractivity contribution in [3.8, 4) is 11.5 Å². The van der Waals surface area contributed by atoms with E-state index in [1.54, 1.807) is 6.07 Å². The summed E-state index contributed by atoms with van der Waals surface area (Å²) in [6.45, 7) is 0.800. The molecule has 21 heavy (non-hydrogen) atoms. The fraction of sp³-hybridized carbons (Fsp3) is 0.250. The molecule has 1 N–H and O–H groups in total. The van der Waals surface area contributed by atoms with Crippen molar-refractivity contribution >= 4 is 15.9 Å². The van der Waals surface area contributed by atoms with Gasteiger partial charge in [-0.25, -0.2) is 8.78 Å². The summed E-state index contributed by atoms with van der Waals surface area (Å²) in [6.07, 6.45) is 2.48. The maximum absolute atomic E-state index is 13.6. The van der Waals surface area contributed by atoms with Gasteiger partial charge < -0.3 is 10.1 Å². The Kier molecular flexibility index (Phi) is 4.22. The van der Waals surface area contributed by atoms with Crippen molar-refractivity contribution < 1.29 is 13.5 Å². The summed E-state index contributed by atoms with van der Waals surface area (Å²) in [5, 5.41) is 3.42. The van der Waals surface area contributed by atoms with E-state index in [1.807, 2.05) is 12.1 Å². The lowest BCUT2D eigenvalue weighted by atomic mass is 10.2. The third kappa shape index (κ3) is 3.80. The number of hydrogen-bond donors (Lipinski definition) is 1. The Labute approximate surface area is 130 Å². The van der Waals surface area contributed by atoms with Crippen LogP contribution in [-0.2, 0) is 6.54 Å². The van der Waals surface area contributed by atoms with Gasteiger partial charge in [0.25, 0.3) is 0 Å². The van der Waals surface area contributed by atoms with Crippen molar-refractivity contribution in [2.24, 2.45) is 0 Å². The predicted octanol–water partition coefficient (Wildman–Crippen LogP) is 4.77. The minimum Gasteiger partial charge on any atom is -0.453 e. The number of nitrogens with one attached hydrogen (secondary N) is 1. The highest BCUT2D eigenvalue weighted by molar-refractivity contribution is 9.10. The van der Waals surface area contributed by atoms with E-state index in [4.69, 9.17) is 4.74 Å². The van der Waals surface area contributed by atoms with Crippen LogP contribution in [0.4, 0.5) is 8.78 Å². The molecule has 0 saturated heterocycles. The number of benzene rings is 2. The van der Waals surface area contributed by atoms with E-state index >= 15 is 0 Å². The second kappa shape index (κ2) is 6.12. The van der Waals surface area contributed by atoms with Gasteiger partial charge in [0.15, 0.2) is 11.6 Å². The second-order valence-electron chi connectivity index (χ2n) is 5.10. The lowest BCUT2D eigenvalue weighted by molar-refractivity contribution is 0.435. The third-order valence-corrected chi connectivity index (χ3v) is 3.90. The Hall–Kier alpha value is -1.46. The molecule has 0 unspecified atom stereocenters. The predicted molar refractivity (Wildman–Crippen MR) is 80.4 cm³/mol. The van der Waals surface area contributed by atoms with Gasteiger partial charge in [0, 0.05) is 18.7 Å². The second-order valence-corrected chi connectivity index (χ2v) is 5.95. The SMILES string of the molecule is Fc1ccc(Oc2ccc(CNC3CC3)cc2Br)c(F)c1. The first-order valence-corrected chi connectivity index (χ1v) is 7.56. The summed E-state index contributed by atoms with van der Waals surface area (Å²) in [4.78, 5) is 0. The molecule has 1 saturated carbocycles. The standard InChI is InChI=1S/C16H14BrF2NO/c17-13-7-10(9-20-12-3-4-12)1-5-15(13)21-16-6-2-11(18)8-14(16)19/h1-2,5-8,12,20H,3-4,9H2. The minimum atomic E-state index is -0.721. The zero-order valence-electron chi connectivity index (χ0n) is 11.2. The molecule has 1 aliphatic rings. The van der Waals surface area contributed by atoms with Crippen LogP contribution in [0, 0.1) is 11.6 Å². The summed E-state index contributed by atoms with van der Waals surface area (Å²) in [5.74, 6) is -0.849. The van der Waals surface area contributed by atoms with Crippen LogP contribution in [0.2, 0.25) is 0 Å². The van der Waals surface area contributed by atoms with Gasteiger partial charge in [0.1, 0.15) is 11.6 Å². The molecule has 0 aromatic heterocycles. The van der Waals surface area contributed by atoms with Crippen LogP contribution in [0.1, 0.15) is 18.4 Å².